The van der Waals surface area contributed by atoms with Crippen LogP contribution in [0.5, 0.6) is 5.75 Å². The van der Waals surface area contributed by atoms with Crippen LogP contribution in [0.25, 0.3) is 10.2 Å². The van der Waals surface area contributed by atoms with Gasteiger partial charge >= 0.3 is 29.6 Å². The van der Waals surface area contributed by atoms with E-state index >= 15 is 0 Å². The average molecular weight is 267 g/mol. The van der Waals surface area contributed by atoms with Gasteiger partial charge in [-0.25, -0.2) is 9.19 Å². The van der Waals surface area contributed by atoms with E-state index < -0.39 is 10.1 Å². The van der Waals surface area contributed by atoms with Gasteiger partial charge in [0.15, 0.2) is 0 Å². The summed E-state index contributed by atoms with van der Waals surface area (Å²) in [5.74, 6) is 0.496. The van der Waals surface area contributed by atoms with Crippen LogP contribution in [0.15, 0.2) is 18.2 Å². The maximum atomic E-state index is 10.6. The molecule has 0 aliphatic rings. The van der Waals surface area contributed by atoms with Crippen LogP contribution < -0.4 is 33.7 Å². The van der Waals surface area contributed by atoms with Crippen LogP contribution in [0.1, 0.15) is 5.01 Å². The molecule has 2 aromatic rings. The molecular weight excluding hydrogens is 261 g/mol. The van der Waals surface area contributed by atoms with Crippen LogP contribution in [0.4, 0.5) is 0 Å². The van der Waals surface area contributed by atoms with E-state index in [0.29, 0.717) is 5.75 Å². The molecule has 2 rings (SSSR count). The Hall–Kier alpha value is 0.410. The molecule has 3 nitrogen and oxygen atoms in total. The molecule has 0 aliphatic carbocycles. The zero-order chi connectivity index (χ0) is 10.1. The minimum atomic E-state index is -1.69. The van der Waals surface area contributed by atoms with Crippen molar-refractivity contribution >= 4 is 43.3 Å². The minimum Gasteiger partial charge on any atom is -0.639 e. The Morgan fingerprint density at radius 3 is 2.93 bits per heavy atom. The zero-order valence-corrected chi connectivity index (χ0v) is 12.7. The topological polar surface area (TPSA) is 39.2 Å². The summed E-state index contributed by atoms with van der Waals surface area (Å²) in [4.78, 5) is 4.29. The second-order valence-electron chi connectivity index (χ2n) is 2.65. The van der Waals surface area contributed by atoms with Gasteiger partial charge in [-0.05, 0) is 19.1 Å². The van der Waals surface area contributed by atoms with Crippen molar-refractivity contribution in [1.29, 1.82) is 0 Å². The summed E-state index contributed by atoms with van der Waals surface area (Å²) in [6.07, 6.45) is 0. The van der Waals surface area contributed by atoms with Crippen molar-refractivity contribution in [3.8, 4) is 5.75 Å². The van der Waals surface area contributed by atoms with E-state index in [0.717, 1.165) is 15.2 Å². The van der Waals surface area contributed by atoms with Gasteiger partial charge in [0.25, 0.3) is 0 Å². The third-order valence-corrected chi connectivity index (χ3v) is 3.11. The summed E-state index contributed by atoms with van der Waals surface area (Å²) in [5, 5.41) is 0.997. The van der Waals surface area contributed by atoms with E-state index in [2.05, 4.69) is 16.6 Å². The average Bonchev–Trinajstić information content (AvgIpc) is 2.42. The van der Waals surface area contributed by atoms with E-state index in [1.54, 1.807) is 23.5 Å². The van der Waals surface area contributed by atoms with Gasteiger partial charge in [-0.1, -0.05) is 0 Å². The molecule has 0 aliphatic heterocycles. The number of aromatic nitrogens is 1. The molecule has 1 aromatic carbocycles. The molecule has 0 saturated carbocycles. The standard InChI is InChI=1S/C8H7NO2S3.Na/c1-5-9-7-4-6(11-14(10)12)2-3-8(7)13-5;/h2-4H,1H3,(H,10,12);/q;+1/p-1. The van der Waals surface area contributed by atoms with Crippen molar-refractivity contribution in [1.82, 2.24) is 4.98 Å². The van der Waals surface area contributed by atoms with Crippen LogP contribution in [0, 0.1) is 6.92 Å². The summed E-state index contributed by atoms with van der Waals surface area (Å²) >= 11 is 6.03. The molecule has 0 radical (unpaired) electrons. The smallest absolute Gasteiger partial charge is 0.639 e. The van der Waals surface area contributed by atoms with Crippen molar-refractivity contribution in [3.63, 3.8) is 0 Å². The number of thiazole rings is 1. The molecule has 0 saturated heterocycles. The predicted octanol–water partition coefficient (Wildman–Crippen LogP) is -0.887. The summed E-state index contributed by atoms with van der Waals surface area (Å²) in [6.45, 7) is 1.94. The van der Waals surface area contributed by atoms with Crippen LogP contribution in [-0.2, 0) is 21.8 Å². The van der Waals surface area contributed by atoms with Crippen LogP contribution >= 0.6 is 11.3 Å². The van der Waals surface area contributed by atoms with Crippen LogP contribution in [-0.4, -0.2) is 9.19 Å². The van der Waals surface area contributed by atoms with Crippen LogP contribution in [0.3, 0.4) is 0 Å². The van der Waals surface area contributed by atoms with Gasteiger partial charge in [0.05, 0.1) is 25.3 Å². The molecule has 1 heterocycles. The minimum absolute atomic E-state index is 0. The Labute approximate surface area is 121 Å². The van der Waals surface area contributed by atoms with Crippen molar-refractivity contribution in [2.75, 3.05) is 0 Å². The summed E-state index contributed by atoms with van der Waals surface area (Å²) in [7, 11) is -1.69. The molecular formula is C8H6NNaO2S3. The third-order valence-electron chi connectivity index (χ3n) is 1.63. The summed E-state index contributed by atoms with van der Waals surface area (Å²) < 4.78 is 16.6. The molecule has 0 amide bonds. The Morgan fingerprint density at radius 2 is 2.27 bits per heavy atom. The van der Waals surface area contributed by atoms with Gasteiger partial charge in [0.2, 0.25) is 0 Å². The molecule has 1 aromatic heterocycles. The number of aryl methyl sites for hydroxylation is 1. The Bertz CT molecular complexity index is 500. The Balaban J connectivity index is 0.00000112. The molecule has 15 heavy (non-hydrogen) atoms. The third kappa shape index (κ3) is 3.44. The van der Waals surface area contributed by atoms with Gasteiger partial charge in [0, 0.05) is 6.07 Å². The fourth-order valence-corrected chi connectivity index (χ4v) is 2.46. The number of hydrogen-bond donors (Lipinski definition) is 0. The normalized spacial score (nSPS) is 12.1. The van der Waals surface area contributed by atoms with Crippen LogP contribution in [0.2, 0.25) is 0 Å². The van der Waals surface area contributed by atoms with Crippen molar-refractivity contribution in [3.05, 3.63) is 23.2 Å². The van der Waals surface area contributed by atoms with Gasteiger partial charge in [0.1, 0.15) is 5.75 Å². The molecule has 0 spiro atoms. The molecule has 74 valence electrons. The number of nitrogens with zero attached hydrogens (tertiary/aromatic N) is 1. The first kappa shape index (κ1) is 13.5. The SMILES string of the molecule is Cc1nc2cc(OS(=O)[S-])ccc2s1.[Na+]. The molecule has 0 fully saturated rings. The fourth-order valence-electron chi connectivity index (χ4n) is 1.15. The second kappa shape index (κ2) is 5.65. The molecule has 0 bridgehead atoms. The van der Waals surface area contributed by atoms with Gasteiger partial charge in [-0.3, -0.25) is 0 Å². The zero-order valence-electron chi connectivity index (χ0n) is 8.22. The Kier molecular flexibility index (Phi) is 5.08. The number of benzene rings is 1. The first-order chi connectivity index (χ1) is 6.65. The van der Waals surface area contributed by atoms with E-state index in [4.69, 9.17) is 4.18 Å². The monoisotopic (exact) mass is 267 g/mol. The number of fused-ring (bicyclic) bond motifs is 1. The van der Waals surface area contributed by atoms with E-state index in [1.165, 1.54) is 0 Å². The maximum absolute atomic E-state index is 10.6. The van der Waals surface area contributed by atoms with Crippen molar-refractivity contribution in [2.45, 2.75) is 6.92 Å². The first-order valence-electron chi connectivity index (χ1n) is 3.80. The van der Waals surface area contributed by atoms with E-state index in [1.807, 2.05) is 13.0 Å². The van der Waals surface area contributed by atoms with E-state index in [-0.39, 0.29) is 29.6 Å². The van der Waals surface area contributed by atoms with Crippen molar-refractivity contribution in [2.24, 2.45) is 0 Å². The largest absolute Gasteiger partial charge is 1.00 e. The van der Waals surface area contributed by atoms with Gasteiger partial charge in [-0.15, -0.1) is 11.3 Å². The second-order valence-corrected chi connectivity index (χ2v) is 5.28. The Morgan fingerprint density at radius 1 is 1.53 bits per heavy atom. The van der Waals surface area contributed by atoms with Gasteiger partial charge in [-0.2, -0.15) is 0 Å². The van der Waals surface area contributed by atoms with Crippen molar-refractivity contribution < 1.29 is 37.9 Å². The first-order valence-corrected chi connectivity index (χ1v) is 6.61. The predicted molar refractivity (Wildman–Crippen MR) is 60.5 cm³/mol. The number of hydrogen-bond acceptors (Lipinski definition) is 5. The summed E-state index contributed by atoms with van der Waals surface area (Å²) in [6, 6.07) is 5.37. The fraction of sp³-hybridized carbons (Fsp3) is 0.125. The molecule has 7 heteroatoms. The molecule has 1 atom stereocenters. The number of rotatable bonds is 2. The van der Waals surface area contributed by atoms with Gasteiger partial charge < -0.3 is 15.8 Å². The quantitative estimate of drug-likeness (QED) is 0.402. The van der Waals surface area contributed by atoms with E-state index in [9.17, 15) is 4.21 Å². The molecule has 0 N–H and O–H groups in total. The molecule has 1 unspecified atom stereocenters. The summed E-state index contributed by atoms with van der Waals surface area (Å²) in [5.41, 5.74) is 0.852. The maximum Gasteiger partial charge on any atom is 1.00 e.